The molecule has 0 radical (unpaired) electrons. The van der Waals surface area contributed by atoms with Gasteiger partial charge in [-0.25, -0.2) is 0 Å². The average molecular weight is 341 g/mol. The largest absolute Gasteiger partial charge is 0.293 e. The summed E-state index contributed by atoms with van der Waals surface area (Å²) in [7, 11) is 0. The third-order valence-corrected chi connectivity index (χ3v) is 5.92. The minimum absolute atomic E-state index is 0.0425. The molecule has 1 aliphatic rings. The molecule has 3 aromatic rings. The van der Waals surface area contributed by atoms with E-state index < -0.39 is 0 Å². The molecule has 132 valence electrons. The molecular weight excluding hydrogens is 314 g/mol. The first kappa shape index (κ1) is 17.1. The van der Waals surface area contributed by atoms with Crippen LogP contribution < -0.4 is 0 Å². The van der Waals surface area contributed by atoms with Crippen molar-refractivity contribution in [3.05, 3.63) is 108 Å². The lowest BCUT2D eigenvalue weighted by atomic mass is 9.71. The summed E-state index contributed by atoms with van der Waals surface area (Å²) in [5, 5.41) is 0. The Morgan fingerprint density at radius 2 is 1.15 bits per heavy atom. The lowest BCUT2D eigenvalue weighted by molar-refractivity contribution is 0.166. The van der Waals surface area contributed by atoms with Crippen molar-refractivity contribution in [2.45, 2.75) is 37.8 Å². The summed E-state index contributed by atoms with van der Waals surface area (Å²) in [5.74, 6) is 0. The van der Waals surface area contributed by atoms with Crippen molar-refractivity contribution in [3.63, 3.8) is 0 Å². The Hall–Kier alpha value is -2.38. The van der Waals surface area contributed by atoms with Crippen LogP contribution in [-0.4, -0.2) is 17.0 Å². The predicted molar refractivity (Wildman–Crippen MR) is 109 cm³/mol. The Morgan fingerprint density at radius 3 is 1.65 bits per heavy atom. The summed E-state index contributed by atoms with van der Waals surface area (Å²) in [4.78, 5) is 2.66. The number of nitrogens with zero attached hydrogens (tertiary/aromatic N) is 1. The Morgan fingerprint density at radius 1 is 0.692 bits per heavy atom. The van der Waals surface area contributed by atoms with Gasteiger partial charge in [-0.05, 0) is 37.0 Å². The van der Waals surface area contributed by atoms with Crippen LogP contribution in [0, 0.1) is 0 Å². The molecule has 0 saturated carbocycles. The Labute approximate surface area is 157 Å². The first-order valence-electron chi connectivity index (χ1n) is 9.50. The van der Waals surface area contributed by atoms with E-state index >= 15 is 0 Å². The quantitative estimate of drug-likeness (QED) is 0.592. The van der Waals surface area contributed by atoms with Crippen molar-refractivity contribution in [3.8, 4) is 0 Å². The molecule has 0 N–H and O–H groups in total. The fourth-order valence-corrected chi connectivity index (χ4v) is 4.59. The van der Waals surface area contributed by atoms with Crippen LogP contribution in [0.2, 0.25) is 0 Å². The van der Waals surface area contributed by atoms with E-state index in [9.17, 15) is 0 Å². The highest BCUT2D eigenvalue weighted by Crippen LogP contribution is 2.48. The van der Waals surface area contributed by atoms with Gasteiger partial charge in [0, 0.05) is 24.0 Å². The van der Waals surface area contributed by atoms with Gasteiger partial charge in [0.15, 0.2) is 0 Å². The maximum atomic E-state index is 2.66. The fourth-order valence-electron chi connectivity index (χ4n) is 4.59. The number of rotatable bonds is 4. The van der Waals surface area contributed by atoms with Gasteiger partial charge in [-0.2, -0.15) is 0 Å². The third kappa shape index (κ3) is 3.08. The van der Waals surface area contributed by atoms with Crippen LogP contribution in [0.25, 0.3) is 0 Å². The van der Waals surface area contributed by atoms with Crippen LogP contribution in [-0.2, 0) is 12.0 Å². The van der Waals surface area contributed by atoms with Crippen molar-refractivity contribution in [2.75, 3.05) is 6.54 Å². The van der Waals surface area contributed by atoms with Gasteiger partial charge in [-0.1, -0.05) is 91.0 Å². The lowest BCUT2D eigenvalue weighted by Crippen LogP contribution is -2.37. The highest BCUT2D eigenvalue weighted by Gasteiger charge is 2.49. The molecule has 0 aromatic heterocycles. The predicted octanol–water partition coefficient (Wildman–Crippen LogP) is 5.66. The van der Waals surface area contributed by atoms with Gasteiger partial charge in [0.1, 0.15) is 0 Å². The van der Waals surface area contributed by atoms with Gasteiger partial charge in [-0.3, -0.25) is 4.90 Å². The van der Waals surface area contributed by atoms with Crippen LogP contribution >= 0.6 is 0 Å². The zero-order chi connectivity index (χ0) is 18.0. The fraction of sp³-hybridized carbons (Fsp3) is 0.280. The molecule has 1 aliphatic heterocycles. The van der Waals surface area contributed by atoms with Gasteiger partial charge < -0.3 is 0 Å². The van der Waals surface area contributed by atoms with Crippen LogP contribution in [0.15, 0.2) is 91.0 Å². The second-order valence-electron chi connectivity index (χ2n) is 8.15. The molecule has 0 amide bonds. The summed E-state index contributed by atoms with van der Waals surface area (Å²) >= 11 is 0. The molecule has 26 heavy (non-hydrogen) atoms. The molecule has 1 fully saturated rings. The molecule has 0 bridgehead atoms. The van der Waals surface area contributed by atoms with E-state index in [4.69, 9.17) is 0 Å². The maximum Gasteiger partial charge on any atom is 0.0347 e. The molecule has 1 heteroatoms. The van der Waals surface area contributed by atoms with Crippen LogP contribution in [0.4, 0.5) is 0 Å². The number of hydrogen-bond donors (Lipinski definition) is 0. The molecule has 1 saturated heterocycles. The van der Waals surface area contributed by atoms with Crippen LogP contribution in [0.3, 0.4) is 0 Å². The summed E-state index contributed by atoms with van der Waals surface area (Å²) in [6.07, 6.45) is 1.13. The molecule has 0 aliphatic carbocycles. The maximum absolute atomic E-state index is 2.66. The minimum Gasteiger partial charge on any atom is -0.293 e. The van der Waals surface area contributed by atoms with Crippen molar-refractivity contribution >= 4 is 0 Å². The summed E-state index contributed by atoms with van der Waals surface area (Å²) in [6.45, 7) is 6.82. The van der Waals surface area contributed by atoms with Crippen molar-refractivity contribution in [1.82, 2.24) is 4.90 Å². The van der Waals surface area contributed by atoms with E-state index in [0.717, 1.165) is 19.5 Å². The second-order valence-corrected chi connectivity index (χ2v) is 8.15. The average Bonchev–Trinajstić information content (AvgIpc) is 2.96. The highest BCUT2D eigenvalue weighted by molar-refractivity contribution is 5.42. The van der Waals surface area contributed by atoms with Crippen molar-refractivity contribution in [2.24, 2.45) is 0 Å². The van der Waals surface area contributed by atoms with Crippen LogP contribution in [0.1, 0.15) is 37.0 Å². The number of hydrogen-bond acceptors (Lipinski definition) is 1. The van der Waals surface area contributed by atoms with Crippen molar-refractivity contribution < 1.29 is 0 Å². The molecule has 1 heterocycles. The topological polar surface area (TPSA) is 3.24 Å². The molecule has 1 nitrogen and oxygen atoms in total. The normalized spacial score (nSPS) is 18.7. The van der Waals surface area contributed by atoms with E-state index in [1.54, 1.807) is 0 Å². The highest BCUT2D eigenvalue weighted by atomic mass is 15.2. The molecule has 0 unspecified atom stereocenters. The van der Waals surface area contributed by atoms with E-state index in [0.29, 0.717) is 0 Å². The van der Waals surface area contributed by atoms with E-state index in [1.165, 1.54) is 16.7 Å². The first-order valence-corrected chi connectivity index (χ1v) is 9.50. The molecular formula is C25H27N. The summed E-state index contributed by atoms with van der Waals surface area (Å²) in [6, 6.07) is 33.0. The van der Waals surface area contributed by atoms with Crippen molar-refractivity contribution in [1.29, 1.82) is 0 Å². The lowest BCUT2D eigenvalue weighted by Gasteiger charge is -2.31. The van der Waals surface area contributed by atoms with Gasteiger partial charge in [0.25, 0.3) is 0 Å². The van der Waals surface area contributed by atoms with E-state index in [1.807, 2.05) is 0 Å². The Balaban J connectivity index is 1.76. The Kier molecular flexibility index (Phi) is 4.42. The molecule has 4 rings (SSSR count). The van der Waals surface area contributed by atoms with E-state index in [2.05, 4.69) is 110 Å². The molecule has 0 atom stereocenters. The second kappa shape index (κ2) is 6.74. The van der Waals surface area contributed by atoms with E-state index in [-0.39, 0.29) is 11.0 Å². The third-order valence-electron chi connectivity index (χ3n) is 5.92. The van der Waals surface area contributed by atoms with Gasteiger partial charge >= 0.3 is 0 Å². The number of benzene rings is 3. The standard InChI is InChI=1S/C25H27N/c1-24(2)19-25(22-14-8-4-9-15-22,23-16-10-5-11-17-23)20-26(24)18-21-12-6-3-7-13-21/h3-17H,18-20H2,1-2H3. The Bertz CT molecular complexity index is 798. The first-order chi connectivity index (χ1) is 12.6. The summed E-state index contributed by atoms with van der Waals surface area (Å²) in [5.41, 5.74) is 4.42. The SMILES string of the molecule is CC1(C)CC(c2ccccc2)(c2ccccc2)CN1Cc1ccccc1. The monoisotopic (exact) mass is 341 g/mol. The minimum atomic E-state index is 0.0425. The molecule has 0 spiro atoms. The zero-order valence-corrected chi connectivity index (χ0v) is 15.7. The summed E-state index contributed by atoms with van der Waals surface area (Å²) < 4.78 is 0. The zero-order valence-electron chi connectivity index (χ0n) is 15.7. The van der Waals surface area contributed by atoms with Gasteiger partial charge in [0.2, 0.25) is 0 Å². The smallest absolute Gasteiger partial charge is 0.0347 e. The molecule has 3 aromatic carbocycles. The number of likely N-dealkylation sites (tertiary alicyclic amines) is 1. The van der Waals surface area contributed by atoms with Gasteiger partial charge in [-0.15, -0.1) is 0 Å². The van der Waals surface area contributed by atoms with Gasteiger partial charge in [0.05, 0.1) is 0 Å². The van der Waals surface area contributed by atoms with Crippen LogP contribution in [0.5, 0.6) is 0 Å².